The van der Waals surface area contributed by atoms with E-state index in [1.807, 2.05) is 0 Å². The zero-order chi connectivity index (χ0) is 23.5. The third-order valence-electron chi connectivity index (χ3n) is 4.97. The fourth-order valence-corrected chi connectivity index (χ4v) is 5.88. The Labute approximate surface area is 188 Å². The molecular weight excluding hydrogens is 452 g/mol. The standard InChI is InChI=1S/C22H24N2O6S2/c1-23(17-11-7-5-8-12-17)31(25,26)21-16-22(20(30-4)15-19(21)29-3)32(27,28)24(2)18-13-9-6-10-14-18/h5-16H,1-4H3. The van der Waals surface area contributed by atoms with Crippen LogP contribution in [0.15, 0.2) is 82.6 Å². The van der Waals surface area contributed by atoms with Gasteiger partial charge in [0.05, 0.1) is 25.6 Å². The number of nitrogens with zero attached hydrogens (tertiary/aromatic N) is 2. The monoisotopic (exact) mass is 476 g/mol. The van der Waals surface area contributed by atoms with Crippen LogP contribution in [0.5, 0.6) is 11.5 Å². The fraction of sp³-hybridized carbons (Fsp3) is 0.182. The van der Waals surface area contributed by atoms with Crippen molar-refractivity contribution in [2.75, 3.05) is 36.9 Å². The van der Waals surface area contributed by atoms with Crippen LogP contribution >= 0.6 is 0 Å². The van der Waals surface area contributed by atoms with Gasteiger partial charge in [0, 0.05) is 20.2 Å². The lowest BCUT2D eigenvalue weighted by Gasteiger charge is -2.24. The molecule has 3 aromatic carbocycles. The molecule has 0 aromatic heterocycles. The molecule has 0 spiro atoms. The van der Waals surface area contributed by atoms with Crippen LogP contribution in [0.25, 0.3) is 0 Å². The van der Waals surface area contributed by atoms with Crippen molar-refractivity contribution in [3.05, 3.63) is 72.8 Å². The first-order valence-electron chi connectivity index (χ1n) is 9.48. The van der Waals surface area contributed by atoms with E-state index < -0.39 is 20.0 Å². The molecular formula is C22H24N2O6S2. The Bertz CT molecular complexity index is 1200. The third-order valence-corrected chi connectivity index (χ3v) is 8.58. The van der Waals surface area contributed by atoms with Crippen molar-refractivity contribution in [1.29, 1.82) is 0 Å². The molecule has 0 amide bonds. The number of hydrogen-bond acceptors (Lipinski definition) is 6. The summed E-state index contributed by atoms with van der Waals surface area (Å²) in [5.74, 6) is -0.0723. The van der Waals surface area contributed by atoms with Gasteiger partial charge >= 0.3 is 0 Å². The second kappa shape index (κ2) is 9.09. The van der Waals surface area contributed by atoms with Crippen molar-refractivity contribution < 1.29 is 26.3 Å². The van der Waals surface area contributed by atoms with Crippen LogP contribution < -0.4 is 18.1 Å². The first-order chi connectivity index (χ1) is 15.1. The Morgan fingerprint density at radius 3 is 1.25 bits per heavy atom. The molecule has 10 heteroatoms. The molecule has 0 aliphatic carbocycles. The molecule has 0 bridgehead atoms. The van der Waals surface area contributed by atoms with E-state index in [-0.39, 0.29) is 21.3 Å². The quantitative estimate of drug-likeness (QED) is 0.495. The molecule has 0 saturated heterocycles. The number of anilines is 2. The molecule has 0 N–H and O–H groups in total. The molecule has 32 heavy (non-hydrogen) atoms. The Balaban J connectivity index is 2.20. The summed E-state index contributed by atoms with van der Waals surface area (Å²) in [4.78, 5) is -0.598. The summed E-state index contributed by atoms with van der Waals surface area (Å²) in [5.41, 5.74) is 0.826. The largest absolute Gasteiger partial charge is 0.495 e. The summed E-state index contributed by atoms with van der Waals surface area (Å²) >= 11 is 0. The van der Waals surface area contributed by atoms with E-state index in [4.69, 9.17) is 9.47 Å². The third kappa shape index (κ3) is 4.23. The van der Waals surface area contributed by atoms with Gasteiger partial charge in [-0.2, -0.15) is 0 Å². The minimum absolute atomic E-state index is 0.0362. The van der Waals surface area contributed by atoms with Crippen molar-refractivity contribution in [1.82, 2.24) is 0 Å². The summed E-state index contributed by atoms with van der Waals surface area (Å²) < 4.78 is 66.4. The van der Waals surface area contributed by atoms with Crippen LogP contribution in [0.2, 0.25) is 0 Å². The summed E-state index contributed by atoms with van der Waals surface area (Å²) in [6, 6.07) is 19.2. The first kappa shape index (κ1) is 23.4. The Hall–Kier alpha value is -3.24. The average Bonchev–Trinajstić information content (AvgIpc) is 2.83. The Kier molecular flexibility index (Phi) is 6.65. The smallest absolute Gasteiger partial charge is 0.267 e. The minimum atomic E-state index is -4.16. The summed E-state index contributed by atoms with van der Waals surface area (Å²) in [6.07, 6.45) is 0. The van der Waals surface area contributed by atoms with Crippen molar-refractivity contribution in [2.24, 2.45) is 0 Å². The zero-order valence-electron chi connectivity index (χ0n) is 18.1. The van der Waals surface area contributed by atoms with E-state index in [0.717, 1.165) is 14.7 Å². The average molecular weight is 477 g/mol. The number of benzene rings is 3. The number of methoxy groups -OCH3 is 2. The number of hydrogen-bond donors (Lipinski definition) is 0. The highest BCUT2D eigenvalue weighted by atomic mass is 32.2. The molecule has 3 aromatic rings. The summed E-state index contributed by atoms with van der Waals surface area (Å²) in [5, 5.41) is 0. The van der Waals surface area contributed by atoms with Crippen LogP contribution in [0.3, 0.4) is 0 Å². The van der Waals surface area contributed by atoms with Gasteiger partial charge in [0.15, 0.2) is 0 Å². The second-order valence-corrected chi connectivity index (χ2v) is 10.6. The van der Waals surface area contributed by atoms with Gasteiger partial charge in [-0.1, -0.05) is 36.4 Å². The second-order valence-electron chi connectivity index (χ2n) is 6.77. The fourth-order valence-electron chi connectivity index (χ4n) is 3.09. The van der Waals surface area contributed by atoms with Gasteiger partial charge in [0.25, 0.3) is 20.0 Å². The predicted octanol–water partition coefficient (Wildman–Crippen LogP) is 3.35. The Morgan fingerprint density at radius 1 is 0.594 bits per heavy atom. The number of ether oxygens (including phenoxy) is 2. The summed E-state index contributed by atoms with van der Waals surface area (Å²) in [7, 11) is -2.94. The van der Waals surface area contributed by atoms with Crippen LogP contribution in [0, 0.1) is 0 Å². The van der Waals surface area contributed by atoms with Crippen molar-refractivity contribution >= 4 is 31.4 Å². The van der Waals surface area contributed by atoms with Crippen LogP contribution in [0.4, 0.5) is 11.4 Å². The minimum Gasteiger partial charge on any atom is -0.495 e. The van der Waals surface area contributed by atoms with E-state index in [1.165, 1.54) is 34.4 Å². The van der Waals surface area contributed by atoms with Gasteiger partial charge in [-0.05, 0) is 30.3 Å². The maximum atomic E-state index is 13.4. The molecule has 0 aliphatic rings. The van der Waals surface area contributed by atoms with Gasteiger partial charge in [-0.25, -0.2) is 16.8 Å². The molecule has 0 radical (unpaired) electrons. The van der Waals surface area contributed by atoms with Crippen molar-refractivity contribution in [3.8, 4) is 11.5 Å². The molecule has 0 saturated carbocycles. The first-order valence-corrected chi connectivity index (χ1v) is 12.4. The predicted molar refractivity (Wildman–Crippen MR) is 124 cm³/mol. The number of rotatable bonds is 8. The molecule has 170 valence electrons. The normalized spacial score (nSPS) is 11.6. The van der Waals surface area contributed by atoms with Crippen LogP contribution in [-0.4, -0.2) is 45.2 Å². The van der Waals surface area contributed by atoms with E-state index in [0.29, 0.717) is 11.4 Å². The molecule has 0 aliphatic heterocycles. The van der Waals surface area contributed by atoms with Crippen LogP contribution in [-0.2, 0) is 20.0 Å². The number of para-hydroxylation sites is 2. The van der Waals surface area contributed by atoms with Gasteiger partial charge in [0.2, 0.25) is 0 Å². The maximum Gasteiger partial charge on any atom is 0.267 e. The lowest BCUT2D eigenvalue weighted by atomic mass is 10.3. The molecule has 8 nitrogen and oxygen atoms in total. The van der Waals surface area contributed by atoms with Crippen molar-refractivity contribution in [3.63, 3.8) is 0 Å². The SMILES string of the molecule is COc1cc(OC)c(S(=O)(=O)N(C)c2ccccc2)cc1S(=O)(=O)N(C)c1ccccc1. The molecule has 0 heterocycles. The summed E-state index contributed by atoms with van der Waals surface area (Å²) in [6.45, 7) is 0. The lowest BCUT2D eigenvalue weighted by Crippen LogP contribution is -2.29. The van der Waals surface area contributed by atoms with Crippen LogP contribution in [0.1, 0.15) is 0 Å². The van der Waals surface area contributed by atoms with E-state index in [9.17, 15) is 16.8 Å². The van der Waals surface area contributed by atoms with Gasteiger partial charge in [-0.3, -0.25) is 8.61 Å². The highest BCUT2D eigenvalue weighted by molar-refractivity contribution is 7.93. The zero-order valence-corrected chi connectivity index (χ0v) is 19.7. The van der Waals surface area contributed by atoms with E-state index >= 15 is 0 Å². The highest BCUT2D eigenvalue weighted by Gasteiger charge is 2.32. The Morgan fingerprint density at radius 2 is 0.938 bits per heavy atom. The molecule has 0 fully saturated rings. The van der Waals surface area contributed by atoms with Crippen molar-refractivity contribution in [2.45, 2.75) is 9.79 Å². The highest BCUT2D eigenvalue weighted by Crippen LogP contribution is 2.38. The van der Waals surface area contributed by atoms with Gasteiger partial charge in [-0.15, -0.1) is 0 Å². The topological polar surface area (TPSA) is 93.2 Å². The molecule has 0 unspecified atom stereocenters. The van der Waals surface area contributed by atoms with Gasteiger partial charge in [0.1, 0.15) is 21.3 Å². The molecule has 0 atom stereocenters. The lowest BCUT2D eigenvalue weighted by molar-refractivity contribution is 0.378. The van der Waals surface area contributed by atoms with E-state index in [1.54, 1.807) is 60.7 Å². The maximum absolute atomic E-state index is 13.4. The number of sulfonamides is 2. The molecule has 3 rings (SSSR count). The van der Waals surface area contributed by atoms with E-state index in [2.05, 4.69) is 0 Å². The van der Waals surface area contributed by atoms with Gasteiger partial charge < -0.3 is 9.47 Å².